The number of para-hydroxylation sites is 2. The molecule has 7 heterocycles. The molecule has 0 atom stereocenters. The second kappa shape index (κ2) is 21.9. The second-order valence-electron chi connectivity index (χ2n) is 22.4. The van der Waals surface area contributed by atoms with Gasteiger partial charge in [0.15, 0.2) is 29.1 Å². The number of rotatable bonds is 6. The van der Waals surface area contributed by atoms with E-state index in [1.165, 1.54) is 0 Å². The third-order valence-electron chi connectivity index (χ3n) is 16.3. The Kier molecular flexibility index (Phi) is 13.7. The molecule has 0 N–H and O–H groups in total. The summed E-state index contributed by atoms with van der Waals surface area (Å²) < 4.78 is 36.6. The van der Waals surface area contributed by atoms with Crippen LogP contribution in [0.3, 0.4) is 0 Å². The van der Waals surface area contributed by atoms with Crippen molar-refractivity contribution < 1.29 is 27.0 Å². The van der Waals surface area contributed by atoms with Gasteiger partial charge in [0.2, 0.25) is 5.28 Å². The monoisotopic (exact) mass is 1210 g/mol. The van der Waals surface area contributed by atoms with Gasteiger partial charge in [0.25, 0.3) is 0 Å². The standard InChI is InChI=1S/C33H18ClN3O2.C21H12ClN3O.C18H18BClO3/c34-21-14-16-27-25(18-21)30-24(10-6-12-28(30)38-27)33-36-31(19-7-2-1-3-8-19)35-32(37-33)20-13-15-23-22-9-4-5-11-26(22)39-29(23)17-20;22-21-24-19(13-6-2-1-3-7-13)23-20(25-21)14-10-11-16-15-8-4-5-9-17(15)26-18(16)12-14;1-17(2)18(3,4)23-19(22-17)13-6-5-7-15-16(13)12-10-11(20)8-9-14(12)21-15/h1-18H;1-12H;5-10H,1-4H3. The lowest BCUT2D eigenvalue weighted by Gasteiger charge is -2.32. The van der Waals surface area contributed by atoms with Gasteiger partial charge in [-0.1, -0.05) is 157 Å². The van der Waals surface area contributed by atoms with Crippen LogP contribution in [0.25, 0.3) is 145 Å². The Labute approximate surface area is 518 Å². The number of furan rings is 4. The van der Waals surface area contributed by atoms with Crippen LogP contribution in [0.4, 0.5) is 0 Å². The molecule has 17 rings (SSSR count). The number of hydrogen-bond acceptors (Lipinski definition) is 12. The van der Waals surface area contributed by atoms with Crippen molar-refractivity contribution in [3.8, 4) is 56.9 Å². The minimum absolute atomic E-state index is 0.165. The third kappa shape index (κ3) is 10.1. The van der Waals surface area contributed by atoms with Crippen LogP contribution < -0.4 is 5.46 Å². The number of benzene rings is 10. The van der Waals surface area contributed by atoms with E-state index in [2.05, 4.69) is 54.8 Å². The fraction of sp³-hybridized carbons (Fsp3) is 0.0833. The predicted octanol–water partition coefficient (Wildman–Crippen LogP) is 19.6. The molecule has 0 bridgehead atoms. The first-order valence-electron chi connectivity index (χ1n) is 28.5. The molecule has 88 heavy (non-hydrogen) atoms. The van der Waals surface area contributed by atoms with Gasteiger partial charge in [0.1, 0.15) is 44.7 Å². The van der Waals surface area contributed by atoms with E-state index in [9.17, 15) is 0 Å². The highest BCUT2D eigenvalue weighted by Gasteiger charge is 2.52. The van der Waals surface area contributed by atoms with Gasteiger partial charge in [0.05, 0.1) is 11.2 Å². The zero-order valence-corrected chi connectivity index (χ0v) is 49.9. The van der Waals surface area contributed by atoms with Crippen LogP contribution >= 0.6 is 34.8 Å². The molecular formula is C72H48BCl3N6O6. The molecule has 12 nitrogen and oxygen atoms in total. The Morgan fingerprint density at radius 2 is 0.705 bits per heavy atom. The van der Waals surface area contributed by atoms with Crippen molar-refractivity contribution in [3.05, 3.63) is 234 Å². The van der Waals surface area contributed by atoms with E-state index in [1.54, 1.807) is 0 Å². The summed E-state index contributed by atoms with van der Waals surface area (Å²) in [5.74, 6) is 2.76. The Bertz CT molecular complexity index is 5360. The minimum atomic E-state index is -0.427. The topological polar surface area (TPSA) is 148 Å². The van der Waals surface area contributed by atoms with E-state index in [0.717, 1.165) is 121 Å². The molecule has 10 aromatic carbocycles. The average Bonchev–Trinajstić information content (AvgIpc) is 2.85. The Morgan fingerprint density at radius 1 is 0.307 bits per heavy atom. The van der Waals surface area contributed by atoms with Crippen molar-refractivity contribution in [1.29, 1.82) is 0 Å². The lowest BCUT2D eigenvalue weighted by atomic mass is 9.76. The molecular weight excluding hydrogens is 1160 g/mol. The van der Waals surface area contributed by atoms with Gasteiger partial charge in [-0.25, -0.2) is 19.9 Å². The highest BCUT2D eigenvalue weighted by atomic mass is 35.5. The predicted molar refractivity (Wildman–Crippen MR) is 353 cm³/mol. The molecule has 426 valence electrons. The molecule has 0 spiro atoms. The van der Waals surface area contributed by atoms with Gasteiger partial charge >= 0.3 is 7.12 Å². The quantitative estimate of drug-likeness (QED) is 0.146. The van der Waals surface area contributed by atoms with E-state index >= 15 is 0 Å². The summed E-state index contributed by atoms with van der Waals surface area (Å²) in [6.45, 7) is 8.21. The fourth-order valence-electron chi connectivity index (χ4n) is 11.2. The lowest BCUT2D eigenvalue weighted by Crippen LogP contribution is -2.41. The molecule has 0 aliphatic carbocycles. The number of aromatic nitrogens is 6. The van der Waals surface area contributed by atoms with Crippen LogP contribution in [0.15, 0.2) is 236 Å². The summed E-state index contributed by atoms with van der Waals surface area (Å²) in [6, 6.07) is 70.8. The molecule has 6 aromatic heterocycles. The Morgan fingerprint density at radius 3 is 1.25 bits per heavy atom. The molecule has 16 heteroatoms. The first kappa shape index (κ1) is 54.9. The molecule has 0 amide bonds. The van der Waals surface area contributed by atoms with E-state index in [1.807, 2.05) is 206 Å². The SMILES string of the molecule is CC1(C)OB(c2cccc3oc4ccc(Cl)cc4c23)OC1(C)C.Clc1ccc2oc3cccc(-c4nc(-c5ccccc5)nc(-c5ccc6c(c5)oc5ccccc56)n4)c3c2c1.Clc1nc(-c2ccccc2)nc(-c2ccc3c(c2)oc2ccccc23)n1. The van der Waals surface area contributed by atoms with Crippen LogP contribution in [0.5, 0.6) is 0 Å². The van der Waals surface area contributed by atoms with Gasteiger partial charge < -0.3 is 27.0 Å². The fourth-order valence-corrected chi connectivity index (χ4v) is 11.7. The van der Waals surface area contributed by atoms with Gasteiger partial charge in [-0.05, 0) is 130 Å². The summed E-state index contributed by atoms with van der Waals surface area (Å²) in [7, 11) is -0.427. The maximum atomic E-state index is 6.37. The zero-order chi connectivity index (χ0) is 59.8. The number of hydrogen-bond donors (Lipinski definition) is 0. The van der Waals surface area contributed by atoms with Crippen molar-refractivity contribution in [2.75, 3.05) is 0 Å². The van der Waals surface area contributed by atoms with E-state index in [-0.39, 0.29) is 16.5 Å². The molecule has 1 aliphatic heterocycles. The van der Waals surface area contributed by atoms with Crippen LogP contribution in [-0.4, -0.2) is 48.2 Å². The van der Waals surface area contributed by atoms with Crippen LogP contribution in [0.1, 0.15) is 27.7 Å². The van der Waals surface area contributed by atoms with Crippen LogP contribution in [0.2, 0.25) is 15.3 Å². The molecule has 1 saturated heterocycles. The van der Waals surface area contributed by atoms with Crippen LogP contribution in [0, 0.1) is 0 Å². The highest BCUT2D eigenvalue weighted by Crippen LogP contribution is 2.41. The van der Waals surface area contributed by atoms with Crippen LogP contribution in [-0.2, 0) is 9.31 Å². The Balaban J connectivity index is 0.000000116. The third-order valence-corrected chi connectivity index (χ3v) is 16.9. The van der Waals surface area contributed by atoms with Crippen molar-refractivity contribution >= 4 is 135 Å². The highest BCUT2D eigenvalue weighted by molar-refractivity contribution is 6.66. The number of halogens is 3. The maximum absolute atomic E-state index is 6.37. The van der Waals surface area contributed by atoms with E-state index in [4.69, 9.17) is 76.7 Å². The molecule has 0 radical (unpaired) electrons. The lowest BCUT2D eigenvalue weighted by molar-refractivity contribution is 0.00578. The first-order chi connectivity index (χ1) is 42.8. The minimum Gasteiger partial charge on any atom is -0.456 e. The summed E-state index contributed by atoms with van der Waals surface area (Å²) in [5, 5.41) is 9.60. The van der Waals surface area contributed by atoms with Gasteiger partial charge in [0, 0.05) is 81.0 Å². The first-order valence-corrected chi connectivity index (χ1v) is 29.6. The van der Waals surface area contributed by atoms with Gasteiger partial charge in [-0.2, -0.15) is 9.97 Å². The largest absolute Gasteiger partial charge is 0.495 e. The second-order valence-corrected chi connectivity index (χ2v) is 23.6. The summed E-state index contributed by atoms with van der Waals surface area (Å²) in [5.41, 5.74) is 11.0. The van der Waals surface area contributed by atoms with Crippen molar-refractivity contribution in [3.63, 3.8) is 0 Å². The Hall–Kier alpha value is -9.73. The van der Waals surface area contributed by atoms with Gasteiger partial charge in [-0.3, -0.25) is 0 Å². The molecule has 16 aromatic rings. The normalized spacial score (nSPS) is 13.7. The number of fused-ring (bicyclic) bond motifs is 12. The summed E-state index contributed by atoms with van der Waals surface area (Å²) in [6.07, 6.45) is 0. The molecule has 0 unspecified atom stereocenters. The smallest absolute Gasteiger partial charge is 0.456 e. The molecule has 1 aliphatic rings. The van der Waals surface area contributed by atoms with Gasteiger partial charge in [-0.15, -0.1) is 0 Å². The number of nitrogens with zero attached hydrogens (tertiary/aromatic N) is 6. The summed E-state index contributed by atoms with van der Waals surface area (Å²) >= 11 is 18.7. The maximum Gasteiger partial charge on any atom is 0.495 e. The van der Waals surface area contributed by atoms with Crippen molar-refractivity contribution in [2.45, 2.75) is 38.9 Å². The molecule has 1 fully saturated rings. The summed E-state index contributed by atoms with van der Waals surface area (Å²) in [4.78, 5) is 27.9. The van der Waals surface area contributed by atoms with Crippen molar-refractivity contribution in [2.24, 2.45) is 0 Å². The van der Waals surface area contributed by atoms with E-state index < -0.39 is 7.12 Å². The van der Waals surface area contributed by atoms with Crippen molar-refractivity contribution in [1.82, 2.24) is 29.9 Å². The average molecular weight is 1210 g/mol. The molecule has 0 saturated carbocycles. The zero-order valence-electron chi connectivity index (χ0n) is 47.6. The van der Waals surface area contributed by atoms with E-state index in [0.29, 0.717) is 39.2 Å².